The van der Waals surface area contributed by atoms with Crippen molar-refractivity contribution >= 4 is 5.97 Å². The average molecular weight is 384 g/mol. The lowest BCUT2D eigenvalue weighted by Gasteiger charge is -2.12. The van der Waals surface area contributed by atoms with Crippen LogP contribution in [0.1, 0.15) is 21.7 Å². The van der Waals surface area contributed by atoms with E-state index in [1.54, 1.807) is 11.5 Å². The van der Waals surface area contributed by atoms with Gasteiger partial charge < -0.3 is 14.4 Å². The van der Waals surface area contributed by atoms with Crippen molar-refractivity contribution in [3.63, 3.8) is 0 Å². The Labute approximate surface area is 168 Å². The third kappa shape index (κ3) is 4.04. The predicted octanol–water partition coefficient (Wildman–Crippen LogP) is 5.40. The normalized spacial score (nSPS) is 10.7. The van der Waals surface area contributed by atoms with Crippen LogP contribution in [-0.4, -0.2) is 20.6 Å². The molecule has 144 valence electrons. The maximum absolute atomic E-state index is 11.9. The average Bonchev–Trinajstić information content (AvgIpc) is 3.06. The summed E-state index contributed by atoms with van der Waals surface area (Å²) in [6.45, 7) is 2.10. The van der Waals surface area contributed by atoms with Gasteiger partial charge in [-0.2, -0.15) is 0 Å². The summed E-state index contributed by atoms with van der Waals surface area (Å²) < 4.78 is 7.66. The second-order valence-electron chi connectivity index (χ2n) is 6.69. The Bertz CT molecular complexity index is 1140. The van der Waals surface area contributed by atoms with E-state index in [1.807, 2.05) is 84.9 Å². The fourth-order valence-corrected chi connectivity index (χ4v) is 3.32. The van der Waals surface area contributed by atoms with Crippen LogP contribution >= 0.6 is 0 Å². The van der Waals surface area contributed by atoms with Gasteiger partial charge in [-0.15, -0.1) is 0 Å². The molecule has 0 saturated heterocycles. The van der Waals surface area contributed by atoms with Gasteiger partial charge in [0.25, 0.3) is 0 Å². The number of para-hydroxylation sites is 1. The van der Waals surface area contributed by atoms with E-state index in [0.29, 0.717) is 23.8 Å². The van der Waals surface area contributed by atoms with Crippen LogP contribution in [0, 0.1) is 6.92 Å². The number of hydrogen-bond donors (Lipinski definition) is 1. The lowest BCUT2D eigenvalue weighted by Crippen LogP contribution is -2.12. The molecule has 0 unspecified atom stereocenters. The van der Waals surface area contributed by atoms with Gasteiger partial charge in [0.15, 0.2) is 5.69 Å². The molecule has 0 aliphatic rings. The molecule has 0 spiro atoms. The molecule has 5 heteroatoms. The minimum absolute atomic E-state index is 0.193. The van der Waals surface area contributed by atoms with E-state index in [2.05, 4.69) is 4.98 Å². The van der Waals surface area contributed by atoms with Gasteiger partial charge in [-0.1, -0.05) is 60.7 Å². The molecule has 0 fully saturated rings. The number of carbonyl (C=O) groups is 1. The molecule has 0 aliphatic carbocycles. The maximum Gasteiger partial charge on any atom is 0.354 e. The van der Waals surface area contributed by atoms with E-state index in [1.165, 1.54) is 0 Å². The Balaban J connectivity index is 1.71. The lowest BCUT2D eigenvalue weighted by atomic mass is 10.2. The quantitative estimate of drug-likeness (QED) is 0.484. The minimum atomic E-state index is -0.992. The molecule has 0 radical (unpaired) electrons. The number of carboxylic acid groups (broad SMARTS) is 1. The van der Waals surface area contributed by atoms with Crippen LogP contribution in [0.5, 0.6) is 11.5 Å². The fraction of sp³-hybridized carbons (Fsp3) is 0.0833. The summed E-state index contributed by atoms with van der Waals surface area (Å²) in [5.74, 6) is 1.09. The zero-order valence-corrected chi connectivity index (χ0v) is 15.9. The van der Waals surface area contributed by atoms with Crippen molar-refractivity contribution in [2.24, 2.45) is 0 Å². The number of aryl methyl sites for hydroxylation is 1. The molecule has 0 saturated carbocycles. The highest BCUT2D eigenvalue weighted by Gasteiger charge is 2.21. The standard InChI is InChI=1S/C24H20N2O3/c1-17-22(24(27)28)26(23(25-17)19-10-4-2-5-11-19)16-18-9-8-14-21(15-18)29-20-12-6-3-7-13-20/h2-15H,16H2,1H3,(H,27,28). The van der Waals surface area contributed by atoms with E-state index in [-0.39, 0.29) is 5.69 Å². The molecule has 0 aliphatic heterocycles. The second kappa shape index (κ2) is 8.02. The van der Waals surface area contributed by atoms with Crippen molar-refractivity contribution in [2.45, 2.75) is 13.5 Å². The van der Waals surface area contributed by atoms with Gasteiger partial charge in [0.2, 0.25) is 0 Å². The number of aromatic carboxylic acids is 1. The summed E-state index contributed by atoms with van der Waals surface area (Å²) in [5, 5.41) is 9.75. The summed E-state index contributed by atoms with van der Waals surface area (Å²) in [7, 11) is 0. The zero-order valence-electron chi connectivity index (χ0n) is 15.9. The Hall–Kier alpha value is -3.86. The first kappa shape index (κ1) is 18.5. The van der Waals surface area contributed by atoms with E-state index >= 15 is 0 Å². The minimum Gasteiger partial charge on any atom is -0.477 e. The fourth-order valence-electron chi connectivity index (χ4n) is 3.32. The molecule has 4 rings (SSSR count). The summed E-state index contributed by atoms with van der Waals surface area (Å²) in [6.07, 6.45) is 0. The van der Waals surface area contributed by atoms with Crippen LogP contribution in [0.4, 0.5) is 0 Å². The molecule has 29 heavy (non-hydrogen) atoms. The molecule has 1 heterocycles. The van der Waals surface area contributed by atoms with Crippen molar-refractivity contribution in [3.8, 4) is 22.9 Å². The first-order chi connectivity index (χ1) is 14.1. The zero-order chi connectivity index (χ0) is 20.2. The Kier molecular flexibility index (Phi) is 5.12. The van der Waals surface area contributed by atoms with E-state index in [9.17, 15) is 9.90 Å². The molecule has 1 aromatic heterocycles. The number of ether oxygens (including phenoxy) is 1. The maximum atomic E-state index is 11.9. The van der Waals surface area contributed by atoms with Gasteiger partial charge >= 0.3 is 5.97 Å². The van der Waals surface area contributed by atoms with Crippen LogP contribution in [-0.2, 0) is 6.54 Å². The largest absolute Gasteiger partial charge is 0.477 e. The molecular weight excluding hydrogens is 364 g/mol. The van der Waals surface area contributed by atoms with Crippen LogP contribution in [0.2, 0.25) is 0 Å². The number of carboxylic acids is 1. The van der Waals surface area contributed by atoms with Gasteiger partial charge in [-0.3, -0.25) is 0 Å². The smallest absolute Gasteiger partial charge is 0.354 e. The predicted molar refractivity (Wildman–Crippen MR) is 111 cm³/mol. The lowest BCUT2D eigenvalue weighted by molar-refractivity contribution is 0.0685. The molecule has 4 aromatic rings. The number of rotatable bonds is 6. The Morgan fingerprint density at radius 2 is 1.59 bits per heavy atom. The van der Waals surface area contributed by atoms with E-state index in [4.69, 9.17) is 4.74 Å². The summed E-state index contributed by atoms with van der Waals surface area (Å²) in [6, 6.07) is 26.8. The van der Waals surface area contributed by atoms with Crippen LogP contribution < -0.4 is 4.74 Å². The second-order valence-corrected chi connectivity index (χ2v) is 6.69. The van der Waals surface area contributed by atoms with Crippen molar-refractivity contribution < 1.29 is 14.6 Å². The number of benzene rings is 3. The van der Waals surface area contributed by atoms with Crippen molar-refractivity contribution in [2.75, 3.05) is 0 Å². The SMILES string of the molecule is Cc1nc(-c2ccccc2)n(Cc2cccc(Oc3ccccc3)c2)c1C(=O)O. The topological polar surface area (TPSA) is 64.4 Å². The first-order valence-electron chi connectivity index (χ1n) is 9.29. The van der Waals surface area contributed by atoms with Gasteiger partial charge in [0.1, 0.15) is 17.3 Å². The summed E-state index contributed by atoms with van der Waals surface area (Å²) in [4.78, 5) is 16.4. The third-order valence-corrected chi connectivity index (χ3v) is 4.59. The monoisotopic (exact) mass is 384 g/mol. The Morgan fingerprint density at radius 1 is 0.931 bits per heavy atom. The molecule has 0 amide bonds. The highest BCUT2D eigenvalue weighted by molar-refractivity contribution is 5.88. The number of imidazole rings is 1. The van der Waals surface area contributed by atoms with Gasteiger partial charge in [-0.05, 0) is 36.8 Å². The Morgan fingerprint density at radius 3 is 2.28 bits per heavy atom. The molecule has 3 aromatic carbocycles. The van der Waals surface area contributed by atoms with Gasteiger partial charge in [0, 0.05) is 5.56 Å². The van der Waals surface area contributed by atoms with E-state index < -0.39 is 5.97 Å². The van der Waals surface area contributed by atoms with Crippen molar-refractivity contribution in [1.82, 2.24) is 9.55 Å². The van der Waals surface area contributed by atoms with Crippen molar-refractivity contribution in [3.05, 3.63) is 102 Å². The highest BCUT2D eigenvalue weighted by atomic mass is 16.5. The molecular formula is C24H20N2O3. The molecule has 0 bridgehead atoms. The molecule has 0 atom stereocenters. The number of nitrogens with zero attached hydrogens (tertiary/aromatic N) is 2. The van der Waals surface area contributed by atoms with Crippen LogP contribution in [0.15, 0.2) is 84.9 Å². The number of hydrogen-bond acceptors (Lipinski definition) is 3. The van der Waals surface area contributed by atoms with Crippen LogP contribution in [0.25, 0.3) is 11.4 Å². The van der Waals surface area contributed by atoms with Gasteiger partial charge in [-0.25, -0.2) is 9.78 Å². The highest BCUT2D eigenvalue weighted by Crippen LogP contribution is 2.26. The molecule has 5 nitrogen and oxygen atoms in total. The van der Waals surface area contributed by atoms with E-state index in [0.717, 1.165) is 16.9 Å². The number of aromatic nitrogens is 2. The third-order valence-electron chi connectivity index (χ3n) is 4.59. The van der Waals surface area contributed by atoms with Crippen LogP contribution in [0.3, 0.4) is 0 Å². The van der Waals surface area contributed by atoms with Gasteiger partial charge in [0.05, 0.1) is 12.2 Å². The first-order valence-corrected chi connectivity index (χ1v) is 9.29. The molecule has 1 N–H and O–H groups in total. The summed E-state index contributed by atoms with van der Waals surface area (Å²) >= 11 is 0. The summed E-state index contributed by atoms with van der Waals surface area (Å²) in [5.41, 5.74) is 2.49. The van der Waals surface area contributed by atoms with Crippen molar-refractivity contribution in [1.29, 1.82) is 0 Å².